The quantitative estimate of drug-likeness (QED) is 0.320. The average Bonchev–Trinajstić information content (AvgIpc) is 3.04. The van der Waals surface area contributed by atoms with Gasteiger partial charge in [-0.1, -0.05) is 30.0 Å². The molecule has 0 aliphatic carbocycles. The van der Waals surface area contributed by atoms with Crippen LogP contribution in [0.2, 0.25) is 0 Å². The molecule has 2 aromatic rings. The summed E-state index contributed by atoms with van der Waals surface area (Å²) in [7, 11) is 4.07. The molecule has 7 nitrogen and oxygen atoms in total. The van der Waals surface area contributed by atoms with Crippen molar-refractivity contribution < 1.29 is 29.1 Å². The lowest BCUT2D eigenvalue weighted by Gasteiger charge is -2.28. The normalized spacial score (nSPS) is 17.6. The molecule has 1 heterocycles. The van der Waals surface area contributed by atoms with Crippen LogP contribution in [-0.4, -0.2) is 56.0 Å². The topological polar surface area (TPSA) is 83.3 Å². The van der Waals surface area contributed by atoms with Crippen LogP contribution < -0.4 is 19.5 Å². The van der Waals surface area contributed by atoms with Crippen LogP contribution in [0.5, 0.6) is 11.5 Å². The number of likely N-dealkylation sites (tertiary alicyclic amines) is 1. The van der Waals surface area contributed by atoms with E-state index in [1.807, 2.05) is 66.1 Å². The van der Waals surface area contributed by atoms with Gasteiger partial charge in [-0.25, -0.2) is 0 Å². The van der Waals surface area contributed by atoms with Crippen molar-refractivity contribution >= 4 is 17.4 Å². The molecule has 7 heteroatoms. The first kappa shape index (κ1) is 26.3. The minimum atomic E-state index is -0.737. The van der Waals surface area contributed by atoms with E-state index in [4.69, 9.17) is 9.47 Å². The molecule has 188 valence electrons. The third-order valence-electron chi connectivity index (χ3n) is 5.66. The van der Waals surface area contributed by atoms with Gasteiger partial charge in [0.05, 0.1) is 38.9 Å². The summed E-state index contributed by atoms with van der Waals surface area (Å²) < 4.78 is 11.4. The van der Waals surface area contributed by atoms with Crippen molar-refractivity contribution in [3.63, 3.8) is 0 Å². The Hall–Kier alpha value is -3.32. The van der Waals surface area contributed by atoms with Crippen molar-refractivity contribution in [3.8, 4) is 11.5 Å². The molecule has 1 aliphatic rings. The van der Waals surface area contributed by atoms with Crippen LogP contribution in [0.1, 0.15) is 51.3 Å². The fourth-order valence-corrected chi connectivity index (χ4v) is 4.16. The van der Waals surface area contributed by atoms with Gasteiger partial charge < -0.3 is 24.4 Å². The van der Waals surface area contributed by atoms with Crippen molar-refractivity contribution in [2.75, 3.05) is 27.2 Å². The third-order valence-corrected chi connectivity index (χ3v) is 5.66. The molecule has 1 amide bonds. The molecule has 0 radical (unpaired) electrons. The van der Waals surface area contributed by atoms with E-state index in [1.54, 1.807) is 24.3 Å². The van der Waals surface area contributed by atoms with Gasteiger partial charge in [-0.15, -0.1) is 0 Å². The van der Waals surface area contributed by atoms with Crippen molar-refractivity contribution in [1.82, 2.24) is 4.90 Å². The summed E-state index contributed by atoms with van der Waals surface area (Å²) in [5.74, 6) is -0.472. The first-order chi connectivity index (χ1) is 16.6. The zero-order chi connectivity index (χ0) is 25.7. The summed E-state index contributed by atoms with van der Waals surface area (Å²) in [6.07, 6.45) is 0.742. The van der Waals surface area contributed by atoms with Gasteiger partial charge in [0.15, 0.2) is 0 Å². The van der Waals surface area contributed by atoms with Gasteiger partial charge in [-0.2, -0.15) is 0 Å². The average molecular weight is 481 g/mol. The number of ether oxygens (including phenoxy) is 2. The Morgan fingerprint density at radius 3 is 1.91 bits per heavy atom. The lowest BCUT2D eigenvalue weighted by atomic mass is 9.95. The highest BCUT2D eigenvalue weighted by Crippen LogP contribution is 2.39. The van der Waals surface area contributed by atoms with Gasteiger partial charge in [0.2, 0.25) is 5.78 Å². The number of nitrogens with zero attached hydrogens (tertiary/aromatic N) is 1. The number of hydrogen-bond donors (Lipinski definition) is 1. The second-order valence-corrected chi connectivity index (χ2v) is 9.71. The number of ketones is 1. The van der Waals surface area contributed by atoms with E-state index < -0.39 is 23.5 Å². The zero-order valence-corrected chi connectivity index (χ0v) is 21.5. The second-order valence-electron chi connectivity index (χ2n) is 9.71. The highest BCUT2D eigenvalue weighted by molar-refractivity contribution is 6.46. The molecule has 0 spiro atoms. The molecule has 1 saturated heterocycles. The highest BCUT2D eigenvalue weighted by atomic mass is 16.5. The minimum Gasteiger partial charge on any atom is -0.872 e. The largest absolute Gasteiger partial charge is 0.872 e. The van der Waals surface area contributed by atoms with Gasteiger partial charge >= 0.3 is 0 Å². The fraction of sp³-hybridized carbons (Fsp3) is 0.429. The molecule has 35 heavy (non-hydrogen) atoms. The molecule has 1 atom stereocenters. The maximum absolute atomic E-state index is 13.6. The van der Waals surface area contributed by atoms with Crippen LogP contribution in [0.4, 0.5) is 0 Å². The lowest BCUT2D eigenvalue weighted by Crippen LogP contribution is -3.05. The van der Waals surface area contributed by atoms with Crippen LogP contribution in [0.15, 0.2) is 54.1 Å². The van der Waals surface area contributed by atoms with Gasteiger partial charge in [0.25, 0.3) is 5.91 Å². The third kappa shape index (κ3) is 6.42. The van der Waals surface area contributed by atoms with Crippen molar-refractivity contribution in [1.29, 1.82) is 0 Å². The Balaban J connectivity index is 2.02. The number of nitrogens with one attached hydrogen (secondary N) is 1. The Bertz CT molecular complexity index is 1060. The minimum absolute atomic E-state index is 0.00421. The van der Waals surface area contributed by atoms with E-state index in [0.717, 1.165) is 13.0 Å². The van der Waals surface area contributed by atoms with Crippen molar-refractivity contribution in [3.05, 3.63) is 65.2 Å². The molecular weight excluding hydrogens is 444 g/mol. The Morgan fingerprint density at radius 1 is 0.914 bits per heavy atom. The first-order valence-electron chi connectivity index (χ1n) is 12.2. The monoisotopic (exact) mass is 480 g/mol. The van der Waals surface area contributed by atoms with E-state index in [0.29, 0.717) is 29.2 Å². The molecule has 1 aliphatic heterocycles. The fourth-order valence-electron chi connectivity index (χ4n) is 4.16. The highest BCUT2D eigenvalue weighted by Gasteiger charge is 2.43. The SMILES string of the molecule is CC(C)Oc1ccc(C([O-])=C2C(=O)C(=O)N(CCC[NH+](C)C)C2c2ccc(OC(C)C)cc2)cc1. The predicted molar refractivity (Wildman–Crippen MR) is 133 cm³/mol. The Morgan fingerprint density at radius 2 is 1.43 bits per heavy atom. The molecular formula is C28H36N2O5. The predicted octanol–water partition coefficient (Wildman–Crippen LogP) is 2.02. The van der Waals surface area contributed by atoms with Crippen molar-refractivity contribution in [2.24, 2.45) is 0 Å². The molecule has 3 rings (SSSR count). The van der Waals surface area contributed by atoms with Gasteiger partial charge in [-0.05, 0) is 63.1 Å². The van der Waals surface area contributed by atoms with E-state index >= 15 is 0 Å². The summed E-state index contributed by atoms with van der Waals surface area (Å²) in [5, 5.41) is 13.6. The number of rotatable bonds is 10. The van der Waals surface area contributed by atoms with Crippen LogP contribution >= 0.6 is 0 Å². The number of quaternary nitrogens is 1. The van der Waals surface area contributed by atoms with E-state index in [1.165, 1.54) is 9.80 Å². The summed E-state index contributed by atoms with van der Waals surface area (Å²) in [6, 6.07) is 13.2. The first-order valence-corrected chi connectivity index (χ1v) is 12.2. The van der Waals surface area contributed by atoms with Gasteiger partial charge in [-0.3, -0.25) is 9.59 Å². The summed E-state index contributed by atoms with van der Waals surface area (Å²) in [5.41, 5.74) is 1.05. The molecule has 0 bridgehead atoms. The molecule has 0 saturated carbocycles. The number of hydrogen-bond acceptors (Lipinski definition) is 5. The van der Waals surface area contributed by atoms with E-state index in [-0.39, 0.29) is 17.8 Å². The van der Waals surface area contributed by atoms with Crippen LogP contribution in [0.25, 0.3) is 5.76 Å². The molecule has 2 aromatic carbocycles. The maximum Gasteiger partial charge on any atom is 0.295 e. The Labute approximate surface area is 207 Å². The summed E-state index contributed by atoms with van der Waals surface area (Å²) in [4.78, 5) is 29.0. The standard InChI is InChI=1S/C28H36N2O5/c1-18(2)34-22-12-8-20(9-13-22)25-24(27(32)28(33)30(25)17-7-16-29(5)6)26(31)21-10-14-23(15-11-21)35-19(3)4/h8-15,18-19,25,31H,7,16-17H2,1-6H3. The molecule has 1 N–H and O–H groups in total. The second kappa shape index (κ2) is 11.4. The van der Waals surface area contributed by atoms with E-state index in [9.17, 15) is 14.7 Å². The van der Waals surface area contributed by atoms with Gasteiger partial charge in [0, 0.05) is 18.5 Å². The number of amides is 1. The summed E-state index contributed by atoms with van der Waals surface area (Å²) in [6.45, 7) is 8.96. The molecule has 1 unspecified atom stereocenters. The van der Waals surface area contributed by atoms with Crippen LogP contribution in [0, 0.1) is 0 Å². The molecule has 0 aromatic heterocycles. The van der Waals surface area contributed by atoms with Gasteiger partial charge in [0.1, 0.15) is 11.5 Å². The summed E-state index contributed by atoms with van der Waals surface area (Å²) >= 11 is 0. The smallest absolute Gasteiger partial charge is 0.295 e. The Kier molecular flexibility index (Phi) is 8.57. The number of Topliss-reactive ketones (excluding diaryl/α,β-unsaturated/α-hetero) is 1. The van der Waals surface area contributed by atoms with E-state index in [2.05, 4.69) is 0 Å². The maximum atomic E-state index is 13.6. The van der Waals surface area contributed by atoms with Crippen molar-refractivity contribution in [2.45, 2.75) is 52.4 Å². The lowest BCUT2D eigenvalue weighted by molar-refractivity contribution is -0.858. The number of carbonyl (C=O) groups is 2. The van der Waals surface area contributed by atoms with Crippen LogP contribution in [0.3, 0.4) is 0 Å². The van der Waals surface area contributed by atoms with Crippen LogP contribution in [-0.2, 0) is 9.59 Å². The number of benzene rings is 2. The zero-order valence-electron chi connectivity index (χ0n) is 21.5. The molecule has 1 fully saturated rings. The number of carbonyl (C=O) groups excluding carboxylic acids is 2.